The third-order valence-corrected chi connectivity index (χ3v) is 4.11. The number of aryl methyl sites for hydroxylation is 2. The van der Waals surface area contributed by atoms with Gasteiger partial charge in [-0.05, 0) is 12.5 Å². The molecule has 0 bridgehead atoms. The van der Waals surface area contributed by atoms with E-state index >= 15 is 0 Å². The lowest BCUT2D eigenvalue weighted by molar-refractivity contribution is 0.101. The molecule has 4 rings (SSSR count). The van der Waals surface area contributed by atoms with Crippen LogP contribution in [0.2, 0.25) is 0 Å². The second kappa shape index (κ2) is 5.84. The second-order valence-corrected chi connectivity index (χ2v) is 5.77. The molecular weight excluding hydrogens is 304 g/mol. The van der Waals surface area contributed by atoms with Crippen molar-refractivity contribution in [3.8, 4) is 11.3 Å². The molecule has 0 saturated carbocycles. The number of nitrogens with zero attached hydrogens (tertiary/aromatic N) is 4. The lowest BCUT2D eigenvalue weighted by Gasteiger charge is -2.17. The van der Waals surface area contributed by atoms with Crippen molar-refractivity contribution in [3.05, 3.63) is 48.3 Å². The predicted molar refractivity (Wildman–Crippen MR) is 91.9 cm³/mol. The molecule has 0 saturated heterocycles. The standard InChI is InChI=1S/C17H18N6O/c1-22-15(10-13(21-22)12-6-3-2-4-7-12)17(24)20-14-11-19-23-9-5-8-18-16(14)23/h2-4,6-7,10-11,18H,5,8-9H2,1H3,(H,20,24). The van der Waals surface area contributed by atoms with Crippen LogP contribution in [0.3, 0.4) is 0 Å². The molecule has 0 aliphatic carbocycles. The Bertz CT molecular complexity index is 880. The van der Waals surface area contributed by atoms with Gasteiger partial charge in [0.1, 0.15) is 17.2 Å². The van der Waals surface area contributed by atoms with Gasteiger partial charge in [0.2, 0.25) is 0 Å². The van der Waals surface area contributed by atoms with Crippen LogP contribution in [0, 0.1) is 0 Å². The van der Waals surface area contributed by atoms with Crippen LogP contribution in [0.1, 0.15) is 16.9 Å². The van der Waals surface area contributed by atoms with Crippen molar-refractivity contribution in [1.29, 1.82) is 0 Å². The first-order valence-corrected chi connectivity index (χ1v) is 7.93. The fraction of sp³-hybridized carbons (Fsp3) is 0.235. The zero-order valence-corrected chi connectivity index (χ0v) is 13.4. The summed E-state index contributed by atoms with van der Waals surface area (Å²) in [5.74, 6) is 0.662. The van der Waals surface area contributed by atoms with Crippen LogP contribution < -0.4 is 10.6 Å². The van der Waals surface area contributed by atoms with Crippen molar-refractivity contribution in [3.63, 3.8) is 0 Å². The molecule has 0 spiro atoms. The van der Waals surface area contributed by atoms with Crippen LogP contribution in [0.15, 0.2) is 42.6 Å². The zero-order chi connectivity index (χ0) is 16.5. The van der Waals surface area contributed by atoms with Crippen LogP contribution in [0.25, 0.3) is 11.3 Å². The molecule has 1 aliphatic heterocycles. The number of carbonyl (C=O) groups is 1. The number of hydrogen-bond donors (Lipinski definition) is 2. The summed E-state index contributed by atoms with van der Waals surface area (Å²) in [4.78, 5) is 12.6. The number of fused-ring (bicyclic) bond motifs is 1. The molecule has 0 radical (unpaired) electrons. The number of amides is 1. The average Bonchev–Trinajstić information content (AvgIpc) is 3.20. The smallest absolute Gasteiger partial charge is 0.274 e. The fourth-order valence-electron chi connectivity index (χ4n) is 2.88. The molecule has 0 atom stereocenters. The van der Waals surface area contributed by atoms with Crippen molar-refractivity contribution < 1.29 is 4.79 Å². The predicted octanol–water partition coefficient (Wildman–Crippen LogP) is 2.35. The van der Waals surface area contributed by atoms with Gasteiger partial charge in [-0.15, -0.1) is 0 Å². The van der Waals surface area contributed by atoms with Gasteiger partial charge in [0.15, 0.2) is 0 Å². The minimum atomic E-state index is -0.199. The summed E-state index contributed by atoms with van der Waals surface area (Å²) in [6.07, 6.45) is 2.71. The van der Waals surface area contributed by atoms with E-state index in [1.807, 2.05) is 35.0 Å². The van der Waals surface area contributed by atoms with Crippen LogP contribution in [0.4, 0.5) is 11.5 Å². The van der Waals surface area contributed by atoms with Crippen molar-refractivity contribution in [2.75, 3.05) is 17.2 Å². The molecule has 2 N–H and O–H groups in total. The van der Waals surface area contributed by atoms with E-state index in [2.05, 4.69) is 20.8 Å². The summed E-state index contributed by atoms with van der Waals surface area (Å²) in [6.45, 7) is 1.75. The molecule has 0 unspecified atom stereocenters. The van der Waals surface area contributed by atoms with E-state index in [1.54, 1.807) is 24.0 Å². The number of nitrogens with one attached hydrogen (secondary N) is 2. The van der Waals surface area contributed by atoms with E-state index in [0.717, 1.165) is 36.6 Å². The molecular formula is C17H18N6O. The van der Waals surface area contributed by atoms with Gasteiger partial charge >= 0.3 is 0 Å². The highest BCUT2D eigenvalue weighted by molar-refractivity contribution is 6.05. The zero-order valence-electron chi connectivity index (χ0n) is 13.4. The molecule has 3 heterocycles. The molecule has 7 nitrogen and oxygen atoms in total. The van der Waals surface area contributed by atoms with Gasteiger partial charge in [-0.3, -0.25) is 9.48 Å². The summed E-state index contributed by atoms with van der Waals surface area (Å²) >= 11 is 0. The van der Waals surface area contributed by atoms with E-state index in [-0.39, 0.29) is 5.91 Å². The number of hydrogen-bond acceptors (Lipinski definition) is 4. The number of anilines is 2. The highest BCUT2D eigenvalue weighted by Gasteiger charge is 2.19. The quantitative estimate of drug-likeness (QED) is 0.776. The molecule has 1 amide bonds. The summed E-state index contributed by atoms with van der Waals surface area (Å²) < 4.78 is 3.47. The molecule has 1 aromatic carbocycles. The Labute approximate surface area is 139 Å². The Morgan fingerprint density at radius 3 is 2.96 bits per heavy atom. The van der Waals surface area contributed by atoms with E-state index in [9.17, 15) is 4.79 Å². The fourth-order valence-corrected chi connectivity index (χ4v) is 2.88. The van der Waals surface area contributed by atoms with Gasteiger partial charge in [-0.25, -0.2) is 4.68 Å². The number of rotatable bonds is 3. The van der Waals surface area contributed by atoms with Crippen LogP contribution in [-0.2, 0) is 13.6 Å². The Kier molecular flexibility index (Phi) is 3.53. The molecule has 24 heavy (non-hydrogen) atoms. The Morgan fingerprint density at radius 2 is 2.12 bits per heavy atom. The largest absolute Gasteiger partial charge is 0.368 e. The first-order valence-electron chi connectivity index (χ1n) is 7.93. The van der Waals surface area contributed by atoms with Gasteiger partial charge < -0.3 is 10.6 Å². The summed E-state index contributed by atoms with van der Waals surface area (Å²) in [5.41, 5.74) is 2.96. The highest BCUT2D eigenvalue weighted by Crippen LogP contribution is 2.25. The third-order valence-electron chi connectivity index (χ3n) is 4.11. The van der Waals surface area contributed by atoms with Crippen LogP contribution >= 0.6 is 0 Å². The van der Waals surface area contributed by atoms with Crippen molar-refractivity contribution >= 4 is 17.4 Å². The molecule has 7 heteroatoms. The van der Waals surface area contributed by atoms with Gasteiger partial charge in [0.05, 0.1) is 11.9 Å². The minimum absolute atomic E-state index is 0.199. The normalized spacial score (nSPS) is 13.2. The molecule has 3 aromatic rings. The van der Waals surface area contributed by atoms with Crippen molar-refractivity contribution in [2.45, 2.75) is 13.0 Å². The maximum Gasteiger partial charge on any atom is 0.274 e. The monoisotopic (exact) mass is 322 g/mol. The SMILES string of the molecule is Cn1nc(-c2ccccc2)cc1C(=O)Nc1cnn2c1NCCC2. The van der Waals surface area contributed by atoms with Crippen LogP contribution in [-0.4, -0.2) is 32.0 Å². The summed E-state index contributed by atoms with van der Waals surface area (Å²) in [5, 5.41) is 14.9. The number of benzene rings is 1. The van der Waals surface area contributed by atoms with E-state index < -0.39 is 0 Å². The average molecular weight is 322 g/mol. The number of carbonyl (C=O) groups excluding carboxylic acids is 1. The lowest BCUT2D eigenvalue weighted by Crippen LogP contribution is -2.20. The lowest BCUT2D eigenvalue weighted by atomic mass is 10.1. The van der Waals surface area contributed by atoms with Gasteiger partial charge in [0.25, 0.3) is 5.91 Å². The van der Waals surface area contributed by atoms with Crippen molar-refractivity contribution in [1.82, 2.24) is 19.6 Å². The van der Waals surface area contributed by atoms with Crippen molar-refractivity contribution in [2.24, 2.45) is 7.05 Å². The second-order valence-electron chi connectivity index (χ2n) is 5.77. The minimum Gasteiger partial charge on any atom is -0.368 e. The maximum atomic E-state index is 12.6. The molecule has 1 aliphatic rings. The van der Waals surface area contributed by atoms with Gasteiger partial charge in [-0.2, -0.15) is 10.2 Å². The molecule has 2 aromatic heterocycles. The molecule has 122 valence electrons. The summed E-state index contributed by atoms with van der Waals surface area (Å²) in [6, 6.07) is 11.6. The van der Waals surface area contributed by atoms with Crippen LogP contribution in [0.5, 0.6) is 0 Å². The maximum absolute atomic E-state index is 12.6. The molecule has 0 fully saturated rings. The highest BCUT2D eigenvalue weighted by atomic mass is 16.2. The van der Waals surface area contributed by atoms with Gasteiger partial charge in [0, 0.05) is 25.7 Å². The Morgan fingerprint density at radius 1 is 1.29 bits per heavy atom. The Balaban J connectivity index is 1.59. The van der Waals surface area contributed by atoms with Gasteiger partial charge in [-0.1, -0.05) is 30.3 Å². The van der Waals surface area contributed by atoms with E-state index in [1.165, 1.54) is 0 Å². The van der Waals surface area contributed by atoms with E-state index in [0.29, 0.717) is 11.4 Å². The van der Waals surface area contributed by atoms with E-state index in [4.69, 9.17) is 0 Å². The topological polar surface area (TPSA) is 76.8 Å². The third kappa shape index (κ3) is 2.54. The first kappa shape index (κ1) is 14.5. The first-order chi connectivity index (χ1) is 11.7. The Hall–Kier alpha value is -3.09. The summed E-state index contributed by atoms with van der Waals surface area (Å²) in [7, 11) is 1.77. The number of aromatic nitrogens is 4.